The molecule has 0 bridgehead atoms. The minimum atomic E-state index is -0.576. The van der Waals surface area contributed by atoms with Crippen molar-refractivity contribution in [2.45, 2.75) is 6.17 Å². The molecule has 1 aromatic heterocycles. The lowest BCUT2D eigenvalue weighted by Crippen LogP contribution is -2.18. The third-order valence-electron chi connectivity index (χ3n) is 2.96. The van der Waals surface area contributed by atoms with E-state index in [4.69, 9.17) is 5.73 Å². The van der Waals surface area contributed by atoms with Gasteiger partial charge in [-0.3, -0.25) is 9.98 Å². The first kappa shape index (κ1) is 14.9. The van der Waals surface area contributed by atoms with Gasteiger partial charge in [-0.25, -0.2) is 4.39 Å². The summed E-state index contributed by atoms with van der Waals surface area (Å²) in [5.41, 5.74) is 8.55. The fourth-order valence-corrected chi connectivity index (χ4v) is 1.93. The second-order valence-corrected chi connectivity index (χ2v) is 4.39. The molecule has 1 aromatic carbocycles. The first-order valence-corrected chi connectivity index (χ1v) is 6.49. The fraction of sp³-hybridized carbons (Fsp3) is 0.125. The van der Waals surface area contributed by atoms with Crippen LogP contribution in [0.5, 0.6) is 0 Å². The third-order valence-corrected chi connectivity index (χ3v) is 2.96. The Morgan fingerprint density at radius 2 is 2.29 bits per heavy atom. The largest absolute Gasteiger partial charge is 0.388 e. The van der Waals surface area contributed by atoms with Crippen LogP contribution in [0.1, 0.15) is 11.1 Å². The van der Waals surface area contributed by atoms with Crippen molar-refractivity contribution in [2.75, 3.05) is 12.4 Å². The van der Waals surface area contributed by atoms with E-state index in [9.17, 15) is 4.39 Å². The van der Waals surface area contributed by atoms with E-state index in [2.05, 4.69) is 21.9 Å². The lowest BCUT2D eigenvalue weighted by atomic mass is 10.0. The molecule has 2 aromatic rings. The number of aromatic nitrogens is 1. The zero-order valence-corrected chi connectivity index (χ0v) is 11.8. The molecule has 1 unspecified atom stereocenters. The summed E-state index contributed by atoms with van der Waals surface area (Å²) in [4.78, 5) is 8.50. The summed E-state index contributed by atoms with van der Waals surface area (Å²) in [6.45, 7) is 3.62. The predicted octanol–water partition coefficient (Wildman–Crippen LogP) is 2.57. The minimum absolute atomic E-state index is 0.340. The number of nitrogens with one attached hydrogen (secondary N) is 1. The van der Waals surface area contributed by atoms with Crippen LogP contribution in [0, 0.1) is 5.82 Å². The van der Waals surface area contributed by atoms with Crippen molar-refractivity contribution in [1.29, 1.82) is 0 Å². The Morgan fingerprint density at radius 1 is 1.48 bits per heavy atom. The molecule has 3 N–H and O–H groups in total. The van der Waals surface area contributed by atoms with E-state index in [1.807, 2.05) is 6.07 Å². The normalized spacial score (nSPS) is 12.8. The highest BCUT2D eigenvalue weighted by Gasteiger charge is 2.13. The van der Waals surface area contributed by atoms with Gasteiger partial charge in [-0.05, 0) is 30.3 Å². The van der Waals surface area contributed by atoms with Gasteiger partial charge >= 0.3 is 0 Å². The van der Waals surface area contributed by atoms with E-state index in [-0.39, 0.29) is 5.82 Å². The summed E-state index contributed by atoms with van der Waals surface area (Å²) in [6, 6.07) is 8.13. The number of halogens is 1. The molecule has 0 aliphatic carbocycles. The van der Waals surface area contributed by atoms with E-state index in [1.54, 1.807) is 31.6 Å². The van der Waals surface area contributed by atoms with E-state index >= 15 is 0 Å². The average Bonchev–Trinajstić information content (AvgIpc) is 2.53. The van der Waals surface area contributed by atoms with E-state index < -0.39 is 6.17 Å². The molecular weight excluding hydrogens is 267 g/mol. The van der Waals surface area contributed by atoms with Gasteiger partial charge in [0.1, 0.15) is 12.0 Å². The Labute approximate surface area is 123 Å². The van der Waals surface area contributed by atoms with Gasteiger partial charge in [0.2, 0.25) is 0 Å². The van der Waals surface area contributed by atoms with Crippen LogP contribution in [0.4, 0.5) is 10.1 Å². The number of aliphatic imine (C=N–C) groups is 1. The van der Waals surface area contributed by atoms with Crippen molar-refractivity contribution in [3.63, 3.8) is 0 Å². The molecule has 0 aliphatic heterocycles. The number of nitrogens with zero attached hydrogens (tertiary/aromatic N) is 2. The molecule has 0 saturated heterocycles. The smallest absolute Gasteiger partial charge is 0.124 e. The molecule has 0 saturated carbocycles. The van der Waals surface area contributed by atoms with E-state index in [1.165, 1.54) is 18.2 Å². The monoisotopic (exact) mass is 284 g/mol. The average molecular weight is 284 g/mol. The van der Waals surface area contributed by atoms with Crippen LogP contribution < -0.4 is 11.1 Å². The first-order valence-electron chi connectivity index (χ1n) is 6.49. The second kappa shape index (κ2) is 6.76. The number of anilines is 1. The first-order chi connectivity index (χ1) is 10.2. The maximum atomic E-state index is 13.6. The Balaban J connectivity index is 2.63. The highest BCUT2D eigenvalue weighted by molar-refractivity contribution is 6.15. The lowest BCUT2D eigenvalue weighted by molar-refractivity contribution is 0.627. The predicted molar refractivity (Wildman–Crippen MR) is 84.0 cm³/mol. The van der Waals surface area contributed by atoms with Crippen LogP contribution in [0.25, 0.3) is 0 Å². The van der Waals surface area contributed by atoms with Crippen molar-refractivity contribution >= 4 is 11.4 Å². The van der Waals surface area contributed by atoms with Crippen LogP contribution in [0.3, 0.4) is 0 Å². The molecule has 5 heteroatoms. The molecule has 0 spiro atoms. The van der Waals surface area contributed by atoms with Crippen LogP contribution in [-0.4, -0.2) is 23.9 Å². The maximum absolute atomic E-state index is 13.6. The van der Waals surface area contributed by atoms with Crippen molar-refractivity contribution in [2.24, 2.45) is 10.7 Å². The van der Waals surface area contributed by atoms with Gasteiger partial charge in [0.15, 0.2) is 0 Å². The second-order valence-electron chi connectivity index (χ2n) is 4.39. The number of nitrogens with two attached hydrogens (primary N) is 1. The van der Waals surface area contributed by atoms with Crippen LogP contribution in [0.2, 0.25) is 0 Å². The molecule has 0 radical (unpaired) electrons. The van der Waals surface area contributed by atoms with Crippen LogP contribution in [-0.2, 0) is 0 Å². The molecular formula is C16H17FN4. The molecule has 0 amide bonds. The molecule has 1 heterocycles. The molecule has 0 aliphatic rings. The maximum Gasteiger partial charge on any atom is 0.124 e. The Bertz CT molecular complexity index is 653. The van der Waals surface area contributed by atoms with Gasteiger partial charge in [-0.15, -0.1) is 0 Å². The minimum Gasteiger partial charge on any atom is -0.388 e. The number of benzene rings is 1. The van der Waals surface area contributed by atoms with Crippen LogP contribution >= 0.6 is 0 Å². The van der Waals surface area contributed by atoms with E-state index in [0.717, 1.165) is 11.3 Å². The zero-order valence-electron chi connectivity index (χ0n) is 11.8. The molecule has 1 atom stereocenters. The van der Waals surface area contributed by atoms with Crippen molar-refractivity contribution in [3.05, 3.63) is 72.3 Å². The molecule has 108 valence electrons. The van der Waals surface area contributed by atoms with E-state index in [0.29, 0.717) is 11.3 Å². The van der Waals surface area contributed by atoms with Crippen molar-refractivity contribution in [3.8, 4) is 0 Å². The van der Waals surface area contributed by atoms with Crippen molar-refractivity contribution < 1.29 is 4.39 Å². The van der Waals surface area contributed by atoms with Crippen LogP contribution in [0.15, 0.2) is 60.4 Å². The quantitative estimate of drug-likeness (QED) is 0.655. The summed E-state index contributed by atoms with van der Waals surface area (Å²) in [5, 5.41) is 3.03. The zero-order chi connectivity index (χ0) is 15.2. The third kappa shape index (κ3) is 3.52. The number of pyridine rings is 1. The van der Waals surface area contributed by atoms with Gasteiger partial charge in [-0.2, -0.15) is 0 Å². The van der Waals surface area contributed by atoms with Gasteiger partial charge in [0, 0.05) is 36.3 Å². The fourth-order valence-electron chi connectivity index (χ4n) is 1.93. The molecule has 4 nitrogen and oxygen atoms in total. The Kier molecular flexibility index (Phi) is 4.79. The molecule has 2 rings (SSSR count). The standard InChI is InChI=1S/C16H17FN4/c1-3-15(18)21-16(11-5-4-8-20-10-11)13-9-12(17)6-7-14(13)19-2/h3-10,15,19H,1,18H2,2H3/b21-16-. The summed E-state index contributed by atoms with van der Waals surface area (Å²) >= 11 is 0. The summed E-state index contributed by atoms with van der Waals surface area (Å²) in [5.74, 6) is -0.340. The van der Waals surface area contributed by atoms with Gasteiger partial charge in [-0.1, -0.05) is 12.7 Å². The Morgan fingerprint density at radius 3 is 2.90 bits per heavy atom. The lowest BCUT2D eigenvalue weighted by Gasteiger charge is -2.14. The van der Waals surface area contributed by atoms with Gasteiger partial charge in [0.05, 0.1) is 5.71 Å². The Hall–Kier alpha value is -2.53. The summed E-state index contributed by atoms with van der Waals surface area (Å²) in [7, 11) is 1.77. The SMILES string of the molecule is C=CC(N)/N=C(/c1cccnc1)c1cc(F)ccc1NC. The highest BCUT2D eigenvalue weighted by Crippen LogP contribution is 2.21. The van der Waals surface area contributed by atoms with Gasteiger partial charge < -0.3 is 11.1 Å². The number of hydrogen-bond donors (Lipinski definition) is 2. The molecule has 0 fully saturated rings. The summed E-state index contributed by atoms with van der Waals surface area (Å²) < 4.78 is 13.6. The highest BCUT2D eigenvalue weighted by atomic mass is 19.1. The molecule has 21 heavy (non-hydrogen) atoms. The number of hydrogen-bond acceptors (Lipinski definition) is 4. The number of rotatable bonds is 5. The topological polar surface area (TPSA) is 63.3 Å². The van der Waals surface area contributed by atoms with Gasteiger partial charge in [0.25, 0.3) is 0 Å². The van der Waals surface area contributed by atoms with Crippen molar-refractivity contribution in [1.82, 2.24) is 4.98 Å². The summed E-state index contributed by atoms with van der Waals surface area (Å²) in [6.07, 6.45) is 4.28.